The van der Waals surface area contributed by atoms with Gasteiger partial charge in [0.25, 0.3) is 0 Å². The summed E-state index contributed by atoms with van der Waals surface area (Å²) in [5.41, 5.74) is 0.696. The van der Waals surface area contributed by atoms with Crippen LogP contribution in [0.4, 0.5) is 10.5 Å². The molecule has 2 amide bonds. The zero-order valence-electron chi connectivity index (χ0n) is 12.1. The third-order valence-corrected chi connectivity index (χ3v) is 4.60. The lowest BCUT2D eigenvalue weighted by atomic mass is 10.4. The van der Waals surface area contributed by atoms with Crippen molar-refractivity contribution in [2.75, 3.05) is 5.32 Å². The van der Waals surface area contributed by atoms with Crippen molar-refractivity contribution in [3.8, 4) is 0 Å². The number of carbonyl (C=O) groups excluding carboxylic acids is 1. The molecule has 0 aliphatic carbocycles. The number of pyridine rings is 2. The number of hydrogen-bond donors (Lipinski definition) is 2. The lowest BCUT2D eigenvalue weighted by Gasteiger charge is -2.07. The van der Waals surface area contributed by atoms with Crippen LogP contribution in [-0.2, 0) is 6.54 Å². The second-order valence-electron chi connectivity index (χ2n) is 4.54. The third-order valence-electron chi connectivity index (χ3n) is 2.84. The Morgan fingerprint density at radius 2 is 2.00 bits per heavy atom. The van der Waals surface area contributed by atoms with Crippen LogP contribution in [0.2, 0.25) is 0 Å². The van der Waals surface area contributed by atoms with E-state index in [9.17, 15) is 4.79 Å². The summed E-state index contributed by atoms with van der Waals surface area (Å²) in [7, 11) is 0. The van der Waals surface area contributed by atoms with Crippen LogP contribution in [0, 0.1) is 0 Å². The Morgan fingerprint density at radius 3 is 2.78 bits per heavy atom. The van der Waals surface area contributed by atoms with Crippen LogP contribution in [0.1, 0.15) is 4.88 Å². The van der Waals surface area contributed by atoms with E-state index < -0.39 is 0 Å². The van der Waals surface area contributed by atoms with Crippen LogP contribution in [-0.4, -0.2) is 16.0 Å². The predicted octanol–water partition coefficient (Wildman–Crippen LogP) is 4.01. The van der Waals surface area contributed by atoms with Crippen LogP contribution in [0.5, 0.6) is 0 Å². The predicted molar refractivity (Wildman–Crippen MR) is 92.8 cm³/mol. The van der Waals surface area contributed by atoms with E-state index >= 15 is 0 Å². The van der Waals surface area contributed by atoms with Gasteiger partial charge in [0.1, 0.15) is 10.1 Å². The van der Waals surface area contributed by atoms with Crippen molar-refractivity contribution in [1.82, 2.24) is 15.3 Å². The molecule has 23 heavy (non-hydrogen) atoms. The van der Waals surface area contributed by atoms with E-state index in [1.807, 2.05) is 41.8 Å². The van der Waals surface area contributed by atoms with Crippen molar-refractivity contribution in [1.29, 1.82) is 0 Å². The summed E-state index contributed by atoms with van der Waals surface area (Å²) in [6.07, 6.45) is 3.41. The molecule has 0 aliphatic rings. The van der Waals surface area contributed by atoms with Crippen LogP contribution < -0.4 is 10.6 Å². The highest BCUT2D eigenvalue weighted by molar-refractivity contribution is 7.99. The standard InChI is InChI=1S/C16H14N4OS2/c21-16(19-11-13-4-3-9-22-13)20-12-6-8-18-15(10-12)23-14-5-1-2-7-17-14/h1-10H,11H2,(H2,18,19,20,21). The zero-order valence-corrected chi connectivity index (χ0v) is 13.7. The second-order valence-corrected chi connectivity index (χ2v) is 6.61. The van der Waals surface area contributed by atoms with Gasteiger partial charge in [0.15, 0.2) is 0 Å². The minimum Gasteiger partial charge on any atom is -0.333 e. The fourth-order valence-electron chi connectivity index (χ4n) is 1.81. The maximum Gasteiger partial charge on any atom is 0.319 e. The van der Waals surface area contributed by atoms with Gasteiger partial charge in [0, 0.05) is 23.0 Å². The average Bonchev–Trinajstić information content (AvgIpc) is 3.08. The lowest BCUT2D eigenvalue weighted by Crippen LogP contribution is -2.27. The van der Waals surface area contributed by atoms with E-state index in [-0.39, 0.29) is 6.03 Å². The van der Waals surface area contributed by atoms with Gasteiger partial charge in [-0.05, 0) is 35.7 Å². The molecule has 116 valence electrons. The summed E-state index contributed by atoms with van der Waals surface area (Å²) in [6.45, 7) is 0.518. The van der Waals surface area contributed by atoms with Crippen molar-refractivity contribution in [3.05, 3.63) is 65.1 Å². The van der Waals surface area contributed by atoms with Crippen molar-refractivity contribution in [3.63, 3.8) is 0 Å². The van der Waals surface area contributed by atoms with E-state index in [1.54, 1.807) is 29.8 Å². The molecule has 3 aromatic rings. The molecule has 0 bridgehead atoms. The molecule has 0 spiro atoms. The molecule has 0 unspecified atom stereocenters. The highest BCUT2D eigenvalue weighted by atomic mass is 32.2. The molecule has 2 N–H and O–H groups in total. The topological polar surface area (TPSA) is 66.9 Å². The Kier molecular flexibility index (Phi) is 5.23. The second kappa shape index (κ2) is 7.75. The quantitative estimate of drug-likeness (QED) is 0.735. The molecular formula is C16H14N4OS2. The van der Waals surface area contributed by atoms with Gasteiger partial charge in [-0.1, -0.05) is 23.9 Å². The maximum atomic E-state index is 11.9. The molecule has 0 aliphatic heterocycles. The smallest absolute Gasteiger partial charge is 0.319 e. The first-order valence-corrected chi connectivity index (χ1v) is 8.61. The van der Waals surface area contributed by atoms with Gasteiger partial charge >= 0.3 is 6.03 Å². The number of carbonyl (C=O) groups is 1. The van der Waals surface area contributed by atoms with Crippen molar-refractivity contribution in [2.24, 2.45) is 0 Å². The number of amides is 2. The van der Waals surface area contributed by atoms with E-state index in [0.717, 1.165) is 14.9 Å². The summed E-state index contributed by atoms with van der Waals surface area (Å²) >= 11 is 3.06. The highest BCUT2D eigenvalue weighted by Crippen LogP contribution is 2.25. The zero-order chi connectivity index (χ0) is 15.9. The van der Waals surface area contributed by atoms with E-state index in [4.69, 9.17) is 0 Å². The molecule has 0 saturated heterocycles. The first-order valence-electron chi connectivity index (χ1n) is 6.92. The normalized spacial score (nSPS) is 10.3. The van der Waals surface area contributed by atoms with Gasteiger partial charge in [-0.3, -0.25) is 0 Å². The Hall–Kier alpha value is -2.38. The molecule has 0 aromatic carbocycles. The SMILES string of the molecule is O=C(NCc1cccs1)Nc1ccnc(Sc2ccccn2)c1. The number of nitrogens with zero attached hydrogens (tertiary/aromatic N) is 2. The number of anilines is 1. The Bertz CT molecular complexity index is 763. The number of rotatable bonds is 5. The highest BCUT2D eigenvalue weighted by Gasteiger charge is 2.05. The molecule has 0 saturated carbocycles. The van der Waals surface area contributed by atoms with Crippen molar-refractivity contribution >= 4 is 34.8 Å². The van der Waals surface area contributed by atoms with E-state index in [0.29, 0.717) is 12.2 Å². The Morgan fingerprint density at radius 1 is 1.09 bits per heavy atom. The van der Waals surface area contributed by atoms with E-state index in [1.165, 1.54) is 11.8 Å². The summed E-state index contributed by atoms with van der Waals surface area (Å²) in [5, 5.41) is 9.26. The summed E-state index contributed by atoms with van der Waals surface area (Å²) in [4.78, 5) is 21.6. The minimum absolute atomic E-state index is 0.238. The van der Waals surface area contributed by atoms with Gasteiger partial charge in [-0.2, -0.15) is 0 Å². The molecule has 0 fully saturated rings. The number of urea groups is 1. The average molecular weight is 342 g/mol. The number of hydrogen-bond acceptors (Lipinski definition) is 5. The van der Waals surface area contributed by atoms with Gasteiger partial charge in [-0.25, -0.2) is 14.8 Å². The molecule has 0 radical (unpaired) electrons. The largest absolute Gasteiger partial charge is 0.333 e. The third kappa shape index (κ3) is 4.80. The number of thiophene rings is 1. The first-order chi connectivity index (χ1) is 11.3. The maximum absolute atomic E-state index is 11.9. The Labute approximate surface area is 142 Å². The minimum atomic E-state index is -0.238. The fraction of sp³-hybridized carbons (Fsp3) is 0.0625. The summed E-state index contributed by atoms with van der Waals surface area (Å²) in [5.74, 6) is 0. The summed E-state index contributed by atoms with van der Waals surface area (Å²) < 4.78 is 0. The van der Waals surface area contributed by atoms with Crippen molar-refractivity contribution in [2.45, 2.75) is 16.6 Å². The molecule has 5 nitrogen and oxygen atoms in total. The van der Waals surface area contributed by atoms with Gasteiger partial charge in [0.05, 0.1) is 6.54 Å². The van der Waals surface area contributed by atoms with Crippen LogP contribution in [0.15, 0.2) is 70.3 Å². The molecule has 3 rings (SSSR count). The van der Waals surface area contributed by atoms with Gasteiger partial charge < -0.3 is 10.6 Å². The summed E-state index contributed by atoms with van der Waals surface area (Å²) in [6, 6.07) is 13.0. The molecule has 7 heteroatoms. The lowest BCUT2D eigenvalue weighted by molar-refractivity contribution is 0.252. The monoisotopic (exact) mass is 342 g/mol. The first kappa shape index (κ1) is 15.5. The molecule has 3 aromatic heterocycles. The van der Waals surface area contributed by atoms with Crippen molar-refractivity contribution < 1.29 is 4.79 Å². The Balaban J connectivity index is 1.57. The van der Waals surface area contributed by atoms with Crippen LogP contribution in [0.3, 0.4) is 0 Å². The number of nitrogens with one attached hydrogen (secondary N) is 2. The van der Waals surface area contributed by atoms with Gasteiger partial charge in [-0.15, -0.1) is 11.3 Å². The van der Waals surface area contributed by atoms with Crippen LogP contribution >= 0.6 is 23.1 Å². The number of aromatic nitrogens is 2. The van der Waals surface area contributed by atoms with E-state index in [2.05, 4.69) is 20.6 Å². The fourth-order valence-corrected chi connectivity index (χ4v) is 3.23. The molecule has 3 heterocycles. The van der Waals surface area contributed by atoms with Gasteiger partial charge in [0.2, 0.25) is 0 Å². The molecular weight excluding hydrogens is 328 g/mol. The molecule has 0 atom stereocenters. The van der Waals surface area contributed by atoms with Crippen LogP contribution in [0.25, 0.3) is 0 Å².